The zero-order valence-electron chi connectivity index (χ0n) is 30.6. The molecular weight excluding hydrogens is 620 g/mol. The van der Waals surface area contributed by atoms with Gasteiger partial charge in [0.2, 0.25) is 0 Å². The molecule has 3 aromatic heterocycles. The molecule has 7 nitrogen and oxygen atoms in total. The summed E-state index contributed by atoms with van der Waals surface area (Å²) in [5.41, 5.74) is 20.2. The van der Waals surface area contributed by atoms with Gasteiger partial charge in [-0.3, -0.25) is 0 Å². The van der Waals surface area contributed by atoms with Gasteiger partial charge < -0.3 is 25.3 Å². The average Bonchev–Trinajstić information content (AvgIpc) is 3.83. The molecule has 5 N–H and O–H groups in total. The van der Waals surface area contributed by atoms with Gasteiger partial charge >= 0.3 is 0 Å². The van der Waals surface area contributed by atoms with Gasteiger partial charge in [0.25, 0.3) is 0 Å². The second-order valence-electron chi connectivity index (χ2n) is 13.4. The number of hydrogen-bond donors (Lipinski definition) is 5. The second kappa shape index (κ2) is 15.3. The van der Waals surface area contributed by atoms with Crippen molar-refractivity contribution in [3.05, 3.63) is 93.1 Å². The summed E-state index contributed by atoms with van der Waals surface area (Å²) < 4.78 is 0. The molecule has 6 rings (SSSR count). The number of aliphatic hydroxyl groups is 3. The van der Waals surface area contributed by atoms with Gasteiger partial charge in [-0.1, -0.05) is 52.0 Å². The first-order valence-electron chi connectivity index (χ1n) is 18.5. The Morgan fingerprint density at radius 1 is 0.580 bits per heavy atom. The minimum Gasteiger partial charge on any atom is -0.396 e. The highest BCUT2D eigenvalue weighted by Gasteiger charge is 2.28. The number of aliphatic hydroxyl groups excluding tert-OH is 3. The van der Waals surface area contributed by atoms with E-state index in [1.807, 2.05) is 18.2 Å². The maximum Gasteiger partial charge on any atom is 0.0772 e. The van der Waals surface area contributed by atoms with Crippen molar-refractivity contribution < 1.29 is 15.3 Å². The fraction of sp³-hybridized carbons (Fsp3) is 0.395. The normalized spacial score (nSPS) is 13.2. The Balaban J connectivity index is 1.89. The molecule has 0 saturated carbocycles. The van der Waals surface area contributed by atoms with E-state index in [1.54, 1.807) is 0 Å². The van der Waals surface area contributed by atoms with Crippen molar-refractivity contribution in [3.8, 4) is 11.1 Å². The number of nitrogens with zero attached hydrogens (tertiary/aromatic N) is 2. The van der Waals surface area contributed by atoms with Gasteiger partial charge in [-0.2, -0.15) is 0 Å². The monoisotopic (exact) mass is 672 g/mol. The number of aromatic amines is 2. The molecule has 2 aliphatic heterocycles. The number of hydrogen-bond acceptors (Lipinski definition) is 5. The summed E-state index contributed by atoms with van der Waals surface area (Å²) in [6.07, 6.45) is 6.14. The summed E-state index contributed by atoms with van der Waals surface area (Å²) >= 11 is 0. The molecule has 0 atom stereocenters. The molecule has 1 aromatic carbocycles. The van der Waals surface area contributed by atoms with E-state index in [9.17, 15) is 15.3 Å². The van der Waals surface area contributed by atoms with Crippen molar-refractivity contribution in [1.82, 2.24) is 19.9 Å². The Bertz CT molecular complexity index is 2020. The minimum absolute atomic E-state index is 0.0815. The van der Waals surface area contributed by atoms with E-state index in [-0.39, 0.29) is 19.8 Å². The molecule has 8 bridgehead atoms. The van der Waals surface area contributed by atoms with Crippen LogP contribution in [0, 0.1) is 13.8 Å². The zero-order valence-corrected chi connectivity index (χ0v) is 30.6. The molecule has 50 heavy (non-hydrogen) atoms. The molecule has 0 radical (unpaired) electrons. The van der Waals surface area contributed by atoms with Crippen molar-refractivity contribution in [2.24, 2.45) is 0 Å². The molecular formula is C43H52N4O3. The summed E-state index contributed by atoms with van der Waals surface area (Å²) in [6, 6.07) is 14.7. The lowest BCUT2D eigenvalue weighted by Gasteiger charge is -2.15. The Hall–Kier alpha value is -4.30. The van der Waals surface area contributed by atoms with Crippen LogP contribution in [0.1, 0.15) is 117 Å². The molecule has 262 valence electrons. The maximum absolute atomic E-state index is 10.6. The lowest BCUT2D eigenvalue weighted by molar-refractivity contribution is 0.282. The van der Waals surface area contributed by atoms with E-state index in [0.717, 1.165) is 111 Å². The fourth-order valence-electron chi connectivity index (χ4n) is 8.04. The van der Waals surface area contributed by atoms with Gasteiger partial charge in [0, 0.05) is 40.8 Å². The van der Waals surface area contributed by atoms with Crippen LogP contribution in [0.15, 0.2) is 42.5 Å². The summed E-state index contributed by atoms with van der Waals surface area (Å²) in [7, 11) is 0. The SMILES string of the molecule is CCC1=C(CC)c2nc1cc1[nH]c(cc3[nH]c(cc4nc(c2-c2ccccc2CO)C(CC)=C4CC)c(C)c3CCCO)c(CCCO)c1C. The van der Waals surface area contributed by atoms with E-state index in [1.165, 1.54) is 33.4 Å². The Kier molecular flexibility index (Phi) is 10.9. The van der Waals surface area contributed by atoms with Crippen LogP contribution in [-0.4, -0.2) is 48.5 Å². The molecule has 0 fully saturated rings. The smallest absolute Gasteiger partial charge is 0.0772 e. The second-order valence-corrected chi connectivity index (χ2v) is 13.4. The van der Waals surface area contributed by atoms with E-state index in [4.69, 9.17) is 9.97 Å². The first-order valence-corrected chi connectivity index (χ1v) is 18.5. The third-order valence-corrected chi connectivity index (χ3v) is 10.7. The van der Waals surface area contributed by atoms with Crippen LogP contribution in [0.2, 0.25) is 0 Å². The van der Waals surface area contributed by atoms with Crippen molar-refractivity contribution in [2.45, 2.75) is 99.5 Å². The summed E-state index contributed by atoms with van der Waals surface area (Å²) in [4.78, 5) is 18.5. The number of nitrogens with one attached hydrogen (secondary N) is 2. The molecule has 0 unspecified atom stereocenters. The van der Waals surface area contributed by atoms with Crippen LogP contribution in [-0.2, 0) is 19.4 Å². The third-order valence-electron chi connectivity index (χ3n) is 10.7. The van der Waals surface area contributed by atoms with Crippen LogP contribution in [0.25, 0.3) is 55.5 Å². The molecule has 2 aliphatic rings. The molecule has 5 heterocycles. The van der Waals surface area contributed by atoms with Gasteiger partial charge in [-0.15, -0.1) is 0 Å². The van der Waals surface area contributed by atoms with E-state index in [2.05, 4.69) is 75.8 Å². The lowest BCUT2D eigenvalue weighted by atomic mass is 9.89. The molecule has 0 saturated heterocycles. The largest absolute Gasteiger partial charge is 0.396 e. The van der Waals surface area contributed by atoms with Crippen LogP contribution >= 0.6 is 0 Å². The number of rotatable bonds is 12. The van der Waals surface area contributed by atoms with Gasteiger partial charge in [0.05, 0.1) is 29.4 Å². The molecule has 7 heteroatoms. The highest BCUT2D eigenvalue weighted by atomic mass is 16.3. The predicted molar refractivity (Wildman–Crippen MR) is 207 cm³/mol. The van der Waals surface area contributed by atoms with Gasteiger partial charge in [-0.25, -0.2) is 9.97 Å². The summed E-state index contributed by atoms with van der Waals surface area (Å²) in [5, 5.41) is 30.3. The quantitative estimate of drug-likeness (QED) is 0.103. The Labute approximate surface area is 295 Å². The Morgan fingerprint density at radius 2 is 1.04 bits per heavy atom. The number of benzene rings is 1. The Morgan fingerprint density at radius 3 is 1.46 bits per heavy atom. The van der Waals surface area contributed by atoms with E-state index in [0.29, 0.717) is 12.8 Å². The molecule has 0 amide bonds. The lowest BCUT2D eigenvalue weighted by Crippen LogP contribution is -1.98. The highest BCUT2D eigenvalue weighted by Crippen LogP contribution is 2.46. The third kappa shape index (κ3) is 6.27. The number of H-pyrrole nitrogens is 2. The van der Waals surface area contributed by atoms with Gasteiger partial charge in [0.1, 0.15) is 0 Å². The van der Waals surface area contributed by atoms with Crippen LogP contribution in [0.3, 0.4) is 0 Å². The molecule has 0 aliphatic carbocycles. The van der Waals surface area contributed by atoms with Crippen molar-refractivity contribution in [2.75, 3.05) is 13.2 Å². The maximum atomic E-state index is 10.6. The number of aromatic nitrogens is 4. The zero-order chi connectivity index (χ0) is 35.5. The van der Waals surface area contributed by atoms with Gasteiger partial charge in [0.15, 0.2) is 0 Å². The number of allylic oxidation sites excluding steroid dienone is 4. The van der Waals surface area contributed by atoms with Crippen molar-refractivity contribution >= 4 is 44.4 Å². The van der Waals surface area contributed by atoms with E-state index >= 15 is 0 Å². The number of fused-ring (bicyclic) bond motifs is 8. The summed E-state index contributed by atoms with van der Waals surface area (Å²) in [6.45, 7) is 13.3. The van der Waals surface area contributed by atoms with Crippen LogP contribution < -0.4 is 0 Å². The molecule has 4 aromatic rings. The van der Waals surface area contributed by atoms with Crippen molar-refractivity contribution in [3.63, 3.8) is 0 Å². The van der Waals surface area contributed by atoms with E-state index < -0.39 is 0 Å². The average molecular weight is 673 g/mol. The molecule has 0 spiro atoms. The number of aryl methyl sites for hydroxylation is 4. The van der Waals surface area contributed by atoms with Crippen LogP contribution in [0.4, 0.5) is 0 Å². The topological polar surface area (TPSA) is 118 Å². The van der Waals surface area contributed by atoms with Crippen LogP contribution in [0.5, 0.6) is 0 Å². The standard InChI is InChI=1S/C43H52N4O3/c1-7-28-30(9-3)42-41(34-16-12-11-15-27(34)24-50)43-31(10-4)29(8-2)38(47-43)22-36-26(6)33(18-14-20-49)40(45-36)23-39-32(17-13-19-48)25(5)35(44-39)21-37(28)46-42/h11-12,15-16,21-23,44-45,48-50H,7-10,13-14,17-20,24H2,1-6H3. The minimum atomic E-state index is -0.0815. The van der Waals surface area contributed by atoms with Crippen molar-refractivity contribution in [1.29, 1.82) is 0 Å². The fourth-order valence-corrected chi connectivity index (χ4v) is 8.04. The highest BCUT2D eigenvalue weighted by molar-refractivity contribution is 6.03. The first-order chi connectivity index (χ1) is 24.3. The first kappa shape index (κ1) is 35.5. The van der Waals surface area contributed by atoms with Gasteiger partial charge in [-0.05, 0) is 139 Å². The predicted octanol–water partition coefficient (Wildman–Crippen LogP) is 9.40. The summed E-state index contributed by atoms with van der Waals surface area (Å²) in [5.74, 6) is 0.